The van der Waals surface area contributed by atoms with E-state index in [0.717, 1.165) is 57.5 Å². The summed E-state index contributed by atoms with van der Waals surface area (Å²) in [4.78, 5) is 14.2. The summed E-state index contributed by atoms with van der Waals surface area (Å²) in [6, 6.07) is 20.8. The lowest BCUT2D eigenvalue weighted by molar-refractivity contribution is -0.156. The van der Waals surface area contributed by atoms with Crippen LogP contribution in [0.1, 0.15) is 55.6 Å². The Morgan fingerprint density at radius 1 is 1.11 bits per heavy atom. The number of nitrogens with zero attached hydrogens (tertiary/aromatic N) is 2. The van der Waals surface area contributed by atoms with Gasteiger partial charge in [0.1, 0.15) is 5.75 Å². The second-order valence-corrected chi connectivity index (χ2v) is 10.9. The highest BCUT2D eigenvalue weighted by Crippen LogP contribution is 2.44. The molecule has 2 aliphatic carbocycles. The Kier molecular flexibility index (Phi) is 6.82. The van der Waals surface area contributed by atoms with Crippen LogP contribution in [0.15, 0.2) is 54.6 Å². The molecule has 0 aromatic heterocycles. The fraction of sp³-hybridized carbons (Fsp3) is 0.517. The largest absolute Gasteiger partial charge is 0.493 e. The van der Waals surface area contributed by atoms with E-state index in [2.05, 4.69) is 46.6 Å². The number of nitriles is 1. The average molecular weight is 474 g/mol. The van der Waals surface area contributed by atoms with Crippen LogP contribution in [-0.2, 0) is 4.79 Å². The van der Waals surface area contributed by atoms with Gasteiger partial charge in [0.05, 0.1) is 23.7 Å². The summed E-state index contributed by atoms with van der Waals surface area (Å²) in [5, 5.41) is 22.8. The number of carbonyl (C=O) groups is 1. The first-order valence-electron chi connectivity index (χ1n) is 12.9. The van der Waals surface area contributed by atoms with Crippen molar-refractivity contribution in [3.63, 3.8) is 0 Å². The zero-order valence-corrected chi connectivity index (χ0v) is 20.3. The van der Waals surface area contributed by atoms with E-state index in [4.69, 9.17) is 4.74 Å². The van der Waals surface area contributed by atoms with Gasteiger partial charge in [0.15, 0.2) is 0 Å². The minimum Gasteiger partial charge on any atom is -0.493 e. The monoisotopic (exact) mass is 473 g/mol. The smallest absolute Gasteiger partial charge is 0.310 e. The first kappa shape index (κ1) is 23.8. The van der Waals surface area contributed by atoms with Crippen molar-refractivity contribution in [1.82, 2.24) is 10.2 Å². The minimum absolute atomic E-state index is 0.0149. The summed E-state index contributed by atoms with van der Waals surface area (Å²) in [7, 11) is 0. The van der Waals surface area contributed by atoms with Gasteiger partial charge in [0, 0.05) is 30.5 Å². The van der Waals surface area contributed by atoms with E-state index in [9.17, 15) is 15.2 Å². The number of piperidine rings is 1. The first-order chi connectivity index (χ1) is 17.0. The van der Waals surface area contributed by atoms with Crippen molar-refractivity contribution >= 4 is 5.97 Å². The molecule has 0 spiro atoms. The standard InChI is InChI=1S/C29H35N3O3/c30-18-22-6-4-9-24(16-22)35-21-28(19-31-26-17-25(26)23-7-2-1-3-8-23)12-14-32(15-13-28)20-29(27(33)34)10-5-11-29/h1-4,6-9,16,25-26,31H,5,10-15,17,19-21H2,(H,33,34)/t25-,26+/m0/s1. The van der Waals surface area contributed by atoms with Gasteiger partial charge in [0.2, 0.25) is 0 Å². The predicted octanol–water partition coefficient (Wildman–Crippen LogP) is 4.42. The van der Waals surface area contributed by atoms with Crippen LogP contribution in [-0.4, -0.2) is 54.8 Å². The fourth-order valence-electron chi connectivity index (χ4n) is 5.76. The number of rotatable bonds is 10. The molecule has 2 N–H and O–H groups in total. The molecule has 3 aliphatic rings. The normalized spacial score (nSPS) is 24.7. The van der Waals surface area contributed by atoms with Crippen molar-refractivity contribution in [2.24, 2.45) is 10.8 Å². The molecule has 0 unspecified atom stereocenters. The van der Waals surface area contributed by atoms with E-state index in [0.29, 0.717) is 30.7 Å². The maximum Gasteiger partial charge on any atom is 0.310 e. The second-order valence-electron chi connectivity index (χ2n) is 10.9. The Balaban J connectivity index is 1.22. The number of ether oxygens (including phenoxy) is 1. The highest BCUT2D eigenvalue weighted by molar-refractivity contribution is 5.76. The van der Waals surface area contributed by atoms with Crippen molar-refractivity contribution in [1.29, 1.82) is 5.26 Å². The van der Waals surface area contributed by atoms with Crippen LogP contribution in [0.5, 0.6) is 5.75 Å². The van der Waals surface area contributed by atoms with Crippen LogP contribution in [0.3, 0.4) is 0 Å². The van der Waals surface area contributed by atoms with E-state index in [1.165, 1.54) is 12.0 Å². The Morgan fingerprint density at radius 2 is 1.89 bits per heavy atom. The molecular formula is C29H35N3O3. The van der Waals surface area contributed by atoms with Gasteiger partial charge < -0.3 is 20.1 Å². The highest BCUT2D eigenvalue weighted by Gasteiger charge is 2.47. The van der Waals surface area contributed by atoms with Gasteiger partial charge in [-0.2, -0.15) is 5.26 Å². The van der Waals surface area contributed by atoms with Gasteiger partial charge in [-0.3, -0.25) is 4.79 Å². The molecule has 1 aliphatic heterocycles. The van der Waals surface area contributed by atoms with Crippen molar-refractivity contribution < 1.29 is 14.6 Å². The molecule has 35 heavy (non-hydrogen) atoms. The lowest BCUT2D eigenvalue weighted by Crippen LogP contribution is -2.53. The van der Waals surface area contributed by atoms with Crippen molar-refractivity contribution in [2.75, 3.05) is 32.8 Å². The number of nitrogens with one attached hydrogen (secondary N) is 1. The third-order valence-corrected chi connectivity index (χ3v) is 8.47. The molecule has 1 saturated heterocycles. The number of carboxylic acid groups (broad SMARTS) is 1. The van der Waals surface area contributed by atoms with Gasteiger partial charge in [0.25, 0.3) is 0 Å². The molecule has 3 fully saturated rings. The van der Waals surface area contributed by atoms with Crippen molar-refractivity contribution in [2.45, 2.75) is 50.5 Å². The zero-order chi connectivity index (χ0) is 24.3. The molecule has 5 rings (SSSR count). The van der Waals surface area contributed by atoms with Gasteiger partial charge in [-0.05, 0) is 69.0 Å². The Bertz CT molecular complexity index is 1070. The molecule has 2 atom stereocenters. The summed E-state index contributed by atoms with van der Waals surface area (Å²) < 4.78 is 6.26. The van der Waals surface area contributed by atoms with E-state index in [1.807, 2.05) is 12.1 Å². The fourth-order valence-corrected chi connectivity index (χ4v) is 5.76. The maximum atomic E-state index is 11.9. The molecule has 0 radical (unpaired) electrons. The summed E-state index contributed by atoms with van der Waals surface area (Å²) in [6.45, 7) is 3.93. The lowest BCUT2D eigenvalue weighted by Gasteiger charge is -2.46. The van der Waals surface area contributed by atoms with Gasteiger partial charge in [-0.25, -0.2) is 0 Å². The summed E-state index contributed by atoms with van der Waals surface area (Å²) in [6.07, 6.45) is 5.72. The number of likely N-dealkylation sites (tertiary alicyclic amines) is 1. The third kappa shape index (κ3) is 5.37. The molecular weight excluding hydrogens is 438 g/mol. The van der Waals surface area contributed by atoms with E-state index >= 15 is 0 Å². The van der Waals surface area contributed by atoms with Gasteiger partial charge >= 0.3 is 5.97 Å². The first-order valence-corrected chi connectivity index (χ1v) is 12.9. The number of hydrogen-bond acceptors (Lipinski definition) is 5. The van der Waals surface area contributed by atoms with Crippen LogP contribution in [0, 0.1) is 22.2 Å². The van der Waals surface area contributed by atoms with Gasteiger partial charge in [-0.15, -0.1) is 0 Å². The van der Waals surface area contributed by atoms with Crippen LogP contribution < -0.4 is 10.1 Å². The number of benzene rings is 2. The molecule has 1 heterocycles. The quantitative estimate of drug-likeness (QED) is 0.531. The number of aliphatic carboxylic acids is 1. The summed E-state index contributed by atoms with van der Waals surface area (Å²) >= 11 is 0. The zero-order valence-electron chi connectivity index (χ0n) is 20.3. The van der Waals surface area contributed by atoms with Crippen LogP contribution in [0.2, 0.25) is 0 Å². The van der Waals surface area contributed by atoms with E-state index in [1.54, 1.807) is 12.1 Å². The Hall–Kier alpha value is -2.88. The minimum atomic E-state index is -0.636. The lowest BCUT2D eigenvalue weighted by atomic mass is 9.68. The summed E-state index contributed by atoms with van der Waals surface area (Å²) in [5.41, 5.74) is 1.45. The summed E-state index contributed by atoms with van der Waals surface area (Å²) in [5.74, 6) is 0.679. The number of hydrogen-bond donors (Lipinski definition) is 2. The van der Waals surface area contributed by atoms with E-state index in [-0.39, 0.29) is 5.41 Å². The molecule has 2 aromatic rings. The molecule has 0 amide bonds. The Labute approximate surface area is 207 Å². The SMILES string of the molecule is N#Cc1cccc(OCC2(CN[C@@H]3C[C@H]3c3ccccc3)CCN(CC3(C(=O)O)CCC3)CC2)c1. The molecule has 2 saturated carbocycles. The maximum absolute atomic E-state index is 11.9. The molecule has 184 valence electrons. The van der Waals surface area contributed by atoms with Crippen molar-refractivity contribution in [3.8, 4) is 11.8 Å². The Morgan fingerprint density at radius 3 is 2.54 bits per heavy atom. The molecule has 6 nitrogen and oxygen atoms in total. The average Bonchev–Trinajstić information content (AvgIpc) is 3.65. The van der Waals surface area contributed by atoms with Crippen LogP contribution >= 0.6 is 0 Å². The number of carboxylic acids is 1. The van der Waals surface area contributed by atoms with Crippen LogP contribution in [0.25, 0.3) is 0 Å². The third-order valence-electron chi connectivity index (χ3n) is 8.47. The van der Waals surface area contributed by atoms with Gasteiger partial charge in [-0.1, -0.05) is 42.8 Å². The topological polar surface area (TPSA) is 85.6 Å². The predicted molar refractivity (Wildman–Crippen MR) is 134 cm³/mol. The van der Waals surface area contributed by atoms with Crippen LogP contribution in [0.4, 0.5) is 0 Å². The van der Waals surface area contributed by atoms with Crippen molar-refractivity contribution in [3.05, 3.63) is 65.7 Å². The second kappa shape index (κ2) is 10.0. The highest BCUT2D eigenvalue weighted by atomic mass is 16.5. The molecule has 6 heteroatoms. The molecule has 0 bridgehead atoms. The van der Waals surface area contributed by atoms with E-state index < -0.39 is 11.4 Å². The molecule has 2 aromatic carbocycles.